The minimum absolute atomic E-state index is 0.0237. The molecule has 1 heterocycles. The SMILES string of the molecule is CC(C)OCCS[C@@H](Cc1c[nH]c2ccccc12)C(=O)N[C@@H](CCC(=O)C=N)C(=O)OC(C)C. The lowest BCUT2D eigenvalue weighted by molar-refractivity contribution is -0.151. The first-order valence-corrected chi connectivity index (χ1v) is 12.6. The Hall–Kier alpha value is -2.65. The van der Waals surface area contributed by atoms with Crippen LogP contribution in [0.5, 0.6) is 0 Å². The topological polar surface area (TPSA) is 121 Å². The van der Waals surface area contributed by atoms with Crippen molar-refractivity contribution in [2.45, 2.75) is 70.5 Å². The number of amides is 1. The summed E-state index contributed by atoms with van der Waals surface area (Å²) in [6.45, 7) is 7.88. The number of aromatic nitrogens is 1. The van der Waals surface area contributed by atoms with E-state index in [2.05, 4.69) is 10.3 Å². The third-order valence-corrected chi connectivity index (χ3v) is 6.20. The van der Waals surface area contributed by atoms with Gasteiger partial charge in [0, 0.05) is 29.3 Å². The number of carbonyl (C=O) groups is 3. The molecule has 9 heteroatoms. The van der Waals surface area contributed by atoms with Crippen LogP contribution in [0.3, 0.4) is 0 Å². The van der Waals surface area contributed by atoms with Gasteiger partial charge in [0.1, 0.15) is 6.04 Å². The summed E-state index contributed by atoms with van der Waals surface area (Å²) >= 11 is 1.47. The fourth-order valence-corrected chi connectivity index (χ4v) is 4.38. The normalized spacial score (nSPS) is 13.1. The van der Waals surface area contributed by atoms with Gasteiger partial charge in [-0.1, -0.05) is 18.2 Å². The molecule has 8 nitrogen and oxygen atoms in total. The Labute approximate surface area is 205 Å². The minimum atomic E-state index is -0.961. The van der Waals surface area contributed by atoms with Gasteiger partial charge in [0.25, 0.3) is 0 Å². The summed E-state index contributed by atoms with van der Waals surface area (Å²) in [7, 11) is 0. The van der Waals surface area contributed by atoms with E-state index in [9.17, 15) is 14.4 Å². The Balaban J connectivity index is 2.17. The maximum atomic E-state index is 13.3. The zero-order valence-corrected chi connectivity index (χ0v) is 21.1. The molecule has 1 amide bonds. The van der Waals surface area contributed by atoms with Gasteiger partial charge in [-0.05, 0) is 52.2 Å². The number of fused-ring (bicyclic) bond motifs is 1. The average molecular weight is 490 g/mol. The van der Waals surface area contributed by atoms with E-state index in [4.69, 9.17) is 14.9 Å². The first-order valence-electron chi connectivity index (χ1n) is 11.5. The molecule has 0 saturated carbocycles. The molecule has 3 N–H and O–H groups in total. The first-order chi connectivity index (χ1) is 16.2. The van der Waals surface area contributed by atoms with Crippen LogP contribution in [0.15, 0.2) is 30.5 Å². The van der Waals surface area contributed by atoms with Crippen LogP contribution >= 0.6 is 11.8 Å². The summed E-state index contributed by atoms with van der Waals surface area (Å²) in [5, 5.41) is 10.5. The standard InChI is InChI=1S/C25H35N3O5S/c1-16(2)32-11-12-34-23(13-18-15-27-21-8-6-5-7-20(18)21)24(30)28-22(10-9-19(29)14-26)25(31)33-17(3)4/h5-8,14-17,22-23,26-27H,9-13H2,1-4H3,(H,28,30)/t22-,23-/m0/s1. The van der Waals surface area contributed by atoms with Crippen LogP contribution in [0.4, 0.5) is 0 Å². The molecule has 0 spiro atoms. The summed E-state index contributed by atoms with van der Waals surface area (Å²) in [5.74, 6) is -0.674. The third-order valence-electron chi connectivity index (χ3n) is 5.02. The number of esters is 1. The number of rotatable bonds is 15. The van der Waals surface area contributed by atoms with E-state index in [0.717, 1.165) is 22.7 Å². The van der Waals surface area contributed by atoms with Crippen LogP contribution in [0.25, 0.3) is 10.9 Å². The highest BCUT2D eigenvalue weighted by atomic mass is 32.2. The second-order valence-corrected chi connectivity index (χ2v) is 9.85. The number of H-pyrrole nitrogens is 1. The Morgan fingerprint density at radius 2 is 1.88 bits per heavy atom. The Morgan fingerprint density at radius 1 is 1.15 bits per heavy atom. The predicted molar refractivity (Wildman–Crippen MR) is 136 cm³/mol. The lowest BCUT2D eigenvalue weighted by Gasteiger charge is -2.22. The Kier molecular flexibility index (Phi) is 11.3. The molecular formula is C25H35N3O5S. The highest BCUT2D eigenvalue weighted by Crippen LogP contribution is 2.24. The van der Waals surface area contributed by atoms with Crippen molar-refractivity contribution in [3.05, 3.63) is 36.0 Å². The van der Waals surface area contributed by atoms with Crippen LogP contribution in [-0.2, 0) is 30.3 Å². The second-order valence-electron chi connectivity index (χ2n) is 8.54. The van der Waals surface area contributed by atoms with Crippen molar-refractivity contribution < 1.29 is 23.9 Å². The number of para-hydroxylation sites is 1. The lowest BCUT2D eigenvalue weighted by atomic mass is 10.1. The maximum Gasteiger partial charge on any atom is 0.328 e. The van der Waals surface area contributed by atoms with E-state index in [-0.39, 0.29) is 31.0 Å². The summed E-state index contributed by atoms with van der Waals surface area (Å²) in [6, 6.07) is 6.93. The molecule has 1 aromatic carbocycles. The molecule has 0 fully saturated rings. The summed E-state index contributed by atoms with van der Waals surface area (Å²) in [6.07, 6.45) is 2.89. The second kappa shape index (κ2) is 13.9. The average Bonchev–Trinajstić information content (AvgIpc) is 3.20. The van der Waals surface area contributed by atoms with Crippen molar-refractivity contribution in [2.24, 2.45) is 0 Å². The van der Waals surface area contributed by atoms with Gasteiger partial charge in [-0.3, -0.25) is 9.59 Å². The first kappa shape index (κ1) is 27.6. The third kappa shape index (κ3) is 8.95. The van der Waals surface area contributed by atoms with Crippen molar-refractivity contribution in [3.8, 4) is 0 Å². The molecule has 2 atom stereocenters. The molecule has 1 aromatic heterocycles. The summed E-state index contributed by atoms with van der Waals surface area (Å²) < 4.78 is 10.9. The number of nitrogens with one attached hydrogen (secondary N) is 3. The van der Waals surface area contributed by atoms with E-state index in [1.165, 1.54) is 11.8 Å². The Morgan fingerprint density at radius 3 is 2.56 bits per heavy atom. The number of benzene rings is 1. The molecular weight excluding hydrogens is 454 g/mol. The van der Waals surface area contributed by atoms with Crippen molar-refractivity contribution >= 4 is 46.5 Å². The van der Waals surface area contributed by atoms with Crippen LogP contribution < -0.4 is 5.32 Å². The molecule has 0 bridgehead atoms. The highest BCUT2D eigenvalue weighted by Gasteiger charge is 2.28. The number of aromatic amines is 1. The molecule has 0 radical (unpaired) electrons. The predicted octanol–water partition coefficient (Wildman–Crippen LogP) is 3.67. The number of ether oxygens (including phenoxy) is 2. The van der Waals surface area contributed by atoms with Crippen LogP contribution in [0, 0.1) is 5.41 Å². The molecule has 0 aliphatic heterocycles. The van der Waals surface area contributed by atoms with Crippen molar-refractivity contribution in [2.75, 3.05) is 12.4 Å². The number of hydrogen-bond donors (Lipinski definition) is 3. The summed E-state index contributed by atoms with van der Waals surface area (Å²) in [5.41, 5.74) is 2.00. The van der Waals surface area contributed by atoms with Crippen LogP contribution in [-0.4, -0.2) is 64.7 Å². The molecule has 0 aliphatic carbocycles. The van der Waals surface area contributed by atoms with E-state index >= 15 is 0 Å². The molecule has 0 saturated heterocycles. The van der Waals surface area contributed by atoms with Gasteiger partial charge in [0.05, 0.1) is 30.3 Å². The Bertz CT molecular complexity index is 972. The van der Waals surface area contributed by atoms with Gasteiger partial charge in [0.2, 0.25) is 5.91 Å². The molecule has 34 heavy (non-hydrogen) atoms. The quantitative estimate of drug-likeness (QED) is 0.199. The minimum Gasteiger partial charge on any atom is -0.461 e. The zero-order valence-electron chi connectivity index (χ0n) is 20.3. The van der Waals surface area contributed by atoms with Gasteiger partial charge in [-0.2, -0.15) is 0 Å². The highest BCUT2D eigenvalue weighted by molar-refractivity contribution is 8.00. The lowest BCUT2D eigenvalue weighted by Crippen LogP contribution is -2.46. The van der Waals surface area contributed by atoms with Crippen molar-refractivity contribution in [3.63, 3.8) is 0 Å². The van der Waals surface area contributed by atoms with Crippen LogP contribution in [0.1, 0.15) is 46.1 Å². The number of carbonyl (C=O) groups excluding carboxylic acids is 3. The van der Waals surface area contributed by atoms with Gasteiger partial charge in [-0.15, -0.1) is 11.8 Å². The van der Waals surface area contributed by atoms with E-state index in [1.54, 1.807) is 13.8 Å². The number of ketones is 1. The number of thioether (sulfide) groups is 1. The van der Waals surface area contributed by atoms with Crippen LogP contribution in [0.2, 0.25) is 0 Å². The smallest absolute Gasteiger partial charge is 0.328 e. The fourth-order valence-electron chi connectivity index (χ4n) is 3.39. The molecule has 2 aromatic rings. The molecule has 0 aliphatic rings. The molecule has 186 valence electrons. The van der Waals surface area contributed by atoms with Crippen molar-refractivity contribution in [1.29, 1.82) is 5.41 Å². The summed E-state index contributed by atoms with van der Waals surface area (Å²) in [4.78, 5) is 40.8. The largest absolute Gasteiger partial charge is 0.461 e. The number of hydrogen-bond acceptors (Lipinski definition) is 7. The van der Waals surface area contributed by atoms with Crippen molar-refractivity contribution in [1.82, 2.24) is 10.3 Å². The molecule has 2 rings (SSSR count). The zero-order chi connectivity index (χ0) is 25.1. The maximum absolute atomic E-state index is 13.3. The van der Waals surface area contributed by atoms with E-state index in [1.807, 2.05) is 44.3 Å². The van der Waals surface area contributed by atoms with Gasteiger partial charge in [0.15, 0.2) is 5.78 Å². The van der Waals surface area contributed by atoms with E-state index < -0.39 is 23.0 Å². The van der Waals surface area contributed by atoms with Gasteiger partial charge >= 0.3 is 5.97 Å². The molecule has 0 unspecified atom stereocenters. The van der Waals surface area contributed by atoms with Gasteiger partial charge in [-0.25, -0.2) is 4.79 Å². The monoisotopic (exact) mass is 489 g/mol. The van der Waals surface area contributed by atoms with Gasteiger partial charge < -0.3 is 25.2 Å². The number of Topliss-reactive ketones (excluding diaryl/α,β-unsaturated/α-hetero) is 1. The van der Waals surface area contributed by atoms with E-state index in [0.29, 0.717) is 18.8 Å². The fraction of sp³-hybridized carbons (Fsp3) is 0.520.